The number of primary amides is 1. The first-order valence-corrected chi connectivity index (χ1v) is 13.4. The molecule has 1 unspecified atom stereocenters. The Balaban J connectivity index is 1.44. The number of nitrogens with two attached hydrogens (primary N) is 1. The summed E-state index contributed by atoms with van der Waals surface area (Å²) in [6.45, 7) is 1.68. The highest BCUT2D eigenvalue weighted by atomic mass is 35.5. The number of amides is 3. The van der Waals surface area contributed by atoms with Gasteiger partial charge >= 0.3 is 5.97 Å². The number of carbonyl (C=O) groups excluding carboxylic acids is 4. The van der Waals surface area contributed by atoms with Gasteiger partial charge in [0.25, 0.3) is 17.7 Å². The molecule has 1 aliphatic rings. The van der Waals surface area contributed by atoms with Crippen molar-refractivity contribution in [1.29, 1.82) is 0 Å². The number of imidazole rings is 1. The molecule has 3 heterocycles. The number of hydrogen-bond acceptors (Lipinski definition) is 10. The molecule has 41 heavy (non-hydrogen) atoms. The number of imide groups is 1. The van der Waals surface area contributed by atoms with Crippen LogP contribution in [0, 0.1) is 0 Å². The van der Waals surface area contributed by atoms with Crippen LogP contribution in [0.1, 0.15) is 51.5 Å². The fourth-order valence-electron chi connectivity index (χ4n) is 4.28. The predicted molar refractivity (Wildman–Crippen MR) is 148 cm³/mol. The summed E-state index contributed by atoms with van der Waals surface area (Å²) in [5, 5.41) is 1.34. The minimum atomic E-state index is -0.909. The van der Waals surface area contributed by atoms with Crippen LogP contribution in [0.2, 0.25) is 5.02 Å². The third-order valence-corrected chi connectivity index (χ3v) is 7.83. The third-order valence-electron chi connectivity index (χ3n) is 6.35. The summed E-state index contributed by atoms with van der Waals surface area (Å²) in [4.78, 5) is 58.2. The van der Waals surface area contributed by atoms with Gasteiger partial charge in [-0.25, -0.2) is 9.78 Å². The van der Waals surface area contributed by atoms with Crippen molar-refractivity contribution in [2.75, 3.05) is 14.2 Å². The van der Waals surface area contributed by atoms with E-state index in [2.05, 4.69) is 4.98 Å². The van der Waals surface area contributed by atoms with Gasteiger partial charge in [0.05, 0.1) is 30.8 Å². The van der Waals surface area contributed by atoms with Gasteiger partial charge < -0.3 is 24.8 Å². The molecule has 0 radical (unpaired) electrons. The molecule has 1 saturated heterocycles. The molecule has 14 heteroatoms. The van der Waals surface area contributed by atoms with Gasteiger partial charge in [-0.2, -0.15) is 0 Å². The zero-order valence-corrected chi connectivity index (χ0v) is 23.6. The molecule has 5 rings (SSSR count). The second kappa shape index (κ2) is 11.1. The number of benzene rings is 2. The first-order valence-electron chi connectivity index (χ1n) is 12.2. The van der Waals surface area contributed by atoms with Crippen molar-refractivity contribution < 1.29 is 38.2 Å². The van der Waals surface area contributed by atoms with E-state index in [-0.39, 0.29) is 34.1 Å². The summed E-state index contributed by atoms with van der Waals surface area (Å²) in [5.41, 5.74) is 7.45. The average Bonchev–Trinajstić information content (AvgIpc) is 3.65. The van der Waals surface area contributed by atoms with Crippen molar-refractivity contribution in [3.05, 3.63) is 63.8 Å². The predicted octanol–water partition coefficient (Wildman–Crippen LogP) is 4.22. The van der Waals surface area contributed by atoms with E-state index in [9.17, 15) is 19.2 Å². The summed E-state index contributed by atoms with van der Waals surface area (Å²) in [7, 11) is 3.06. The fraction of sp³-hybridized carbons (Fsp3) is 0.222. The Hall–Kier alpha value is -4.62. The van der Waals surface area contributed by atoms with Crippen LogP contribution >= 0.6 is 22.9 Å². The van der Waals surface area contributed by atoms with E-state index in [4.69, 9.17) is 36.4 Å². The van der Waals surface area contributed by atoms with Crippen molar-refractivity contribution >= 4 is 57.7 Å². The van der Waals surface area contributed by atoms with Gasteiger partial charge in [-0.05, 0) is 25.1 Å². The SMILES string of the molecule is COc1cc2ncn(-c3cc(OC(C)c4cc(C(=O)ON5C(=O)CCC5=O)ccc4Cl)c(C(N)=O)s3)c2cc1OC. The number of aromatic nitrogens is 2. The number of hydroxylamine groups is 2. The molecule has 212 valence electrons. The molecule has 2 aromatic carbocycles. The Morgan fingerprint density at radius 2 is 1.71 bits per heavy atom. The number of halogens is 1. The average molecular weight is 599 g/mol. The molecule has 1 fully saturated rings. The summed E-state index contributed by atoms with van der Waals surface area (Å²) in [5.74, 6) is -1.57. The van der Waals surface area contributed by atoms with E-state index < -0.39 is 29.8 Å². The number of rotatable bonds is 9. The molecule has 1 atom stereocenters. The van der Waals surface area contributed by atoms with Crippen molar-refractivity contribution in [2.24, 2.45) is 5.73 Å². The van der Waals surface area contributed by atoms with E-state index in [0.29, 0.717) is 38.2 Å². The monoisotopic (exact) mass is 598 g/mol. The van der Waals surface area contributed by atoms with Gasteiger partial charge in [-0.1, -0.05) is 11.6 Å². The lowest BCUT2D eigenvalue weighted by molar-refractivity contribution is -0.172. The first-order chi connectivity index (χ1) is 19.6. The standard InChI is InChI=1S/C27H23ClN4O8S/c1-13(15-8-14(4-5-16(15)28)27(36)40-32-22(33)6-7-23(32)34)39-21-11-24(41-25(21)26(29)35)31-12-30-17-9-19(37-2)20(38-3)10-18(17)31/h4-5,8-13H,6-7H2,1-3H3,(H2,29,35). The summed E-state index contributed by atoms with van der Waals surface area (Å²) in [6.07, 6.45) is 0.791. The maximum atomic E-state index is 12.7. The lowest BCUT2D eigenvalue weighted by Crippen LogP contribution is -2.32. The molecule has 12 nitrogen and oxygen atoms in total. The quantitative estimate of drug-likeness (QED) is 0.279. The number of nitrogens with zero attached hydrogens (tertiary/aromatic N) is 3. The topological polar surface area (TPSA) is 152 Å². The van der Waals surface area contributed by atoms with Gasteiger partial charge in [0.2, 0.25) is 0 Å². The second-order valence-electron chi connectivity index (χ2n) is 8.91. The van der Waals surface area contributed by atoms with E-state index in [1.54, 1.807) is 36.0 Å². The highest BCUT2D eigenvalue weighted by molar-refractivity contribution is 7.16. The van der Waals surface area contributed by atoms with Crippen molar-refractivity contribution in [1.82, 2.24) is 14.6 Å². The zero-order chi connectivity index (χ0) is 29.4. The Morgan fingerprint density at radius 1 is 1.02 bits per heavy atom. The summed E-state index contributed by atoms with van der Waals surface area (Å²) < 4.78 is 18.7. The number of ether oxygens (including phenoxy) is 3. The van der Waals surface area contributed by atoms with E-state index in [1.165, 1.54) is 32.4 Å². The van der Waals surface area contributed by atoms with Crippen LogP contribution in [0.3, 0.4) is 0 Å². The van der Waals surface area contributed by atoms with E-state index in [0.717, 1.165) is 11.3 Å². The molecule has 2 N–H and O–H groups in total. The third kappa shape index (κ3) is 5.28. The number of hydrogen-bond donors (Lipinski definition) is 1. The Labute approximate surface area is 242 Å². The van der Waals surface area contributed by atoms with Crippen LogP contribution in [-0.4, -0.2) is 52.5 Å². The molecule has 0 saturated carbocycles. The van der Waals surface area contributed by atoms with Gasteiger partial charge in [0, 0.05) is 41.6 Å². The smallest absolute Gasteiger partial charge is 0.363 e. The number of methoxy groups -OCH3 is 2. The minimum absolute atomic E-state index is 0.0235. The largest absolute Gasteiger partial charge is 0.493 e. The molecule has 3 amide bonds. The molecule has 0 spiro atoms. The van der Waals surface area contributed by atoms with Crippen LogP contribution in [-0.2, 0) is 14.4 Å². The summed E-state index contributed by atoms with van der Waals surface area (Å²) in [6, 6.07) is 9.45. The van der Waals surface area contributed by atoms with Crippen LogP contribution in [0.4, 0.5) is 0 Å². The molecule has 0 aliphatic carbocycles. The van der Waals surface area contributed by atoms with Crippen molar-refractivity contribution in [2.45, 2.75) is 25.9 Å². The van der Waals surface area contributed by atoms with Crippen molar-refractivity contribution in [3.63, 3.8) is 0 Å². The van der Waals surface area contributed by atoms with Gasteiger partial charge in [-0.15, -0.1) is 16.4 Å². The van der Waals surface area contributed by atoms with Gasteiger partial charge in [0.15, 0.2) is 11.5 Å². The molecule has 2 aromatic heterocycles. The Bertz CT molecular complexity index is 1700. The van der Waals surface area contributed by atoms with Gasteiger partial charge in [-0.3, -0.25) is 19.0 Å². The molecular formula is C27H23ClN4O8S. The molecule has 1 aliphatic heterocycles. The number of fused-ring (bicyclic) bond motifs is 1. The van der Waals surface area contributed by atoms with Crippen LogP contribution in [0.25, 0.3) is 16.0 Å². The fourth-order valence-corrected chi connectivity index (χ4v) is 5.48. The highest BCUT2D eigenvalue weighted by Gasteiger charge is 2.33. The minimum Gasteiger partial charge on any atom is -0.493 e. The van der Waals surface area contributed by atoms with E-state index >= 15 is 0 Å². The molecular weight excluding hydrogens is 576 g/mol. The van der Waals surface area contributed by atoms with Gasteiger partial charge in [0.1, 0.15) is 28.1 Å². The lowest BCUT2D eigenvalue weighted by atomic mass is 10.1. The number of thiophene rings is 1. The van der Waals surface area contributed by atoms with Crippen molar-refractivity contribution in [3.8, 4) is 22.2 Å². The summed E-state index contributed by atoms with van der Waals surface area (Å²) >= 11 is 7.52. The highest BCUT2D eigenvalue weighted by Crippen LogP contribution is 2.39. The molecule has 4 aromatic rings. The number of carbonyl (C=O) groups is 4. The van der Waals surface area contributed by atoms with E-state index in [1.807, 2.05) is 0 Å². The van der Waals surface area contributed by atoms with Crippen LogP contribution in [0.15, 0.2) is 42.7 Å². The van der Waals surface area contributed by atoms with Crippen LogP contribution < -0.4 is 19.9 Å². The zero-order valence-electron chi connectivity index (χ0n) is 22.0. The second-order valence-corrected chi connectivity index (χ2v) is 10.3. The Kier molecular flexibility index (Phi) is 7.56. The molecule has 0 bridgehead atoms. The first kappa shape index (κ1) is 27.9. The van der Waals surface area contributed by atoms with Crippen LogP contribution in [0.5, 0.6) is 17.2 Å². The lowest BCUT2D eigenvalue weighted by Gasteiger charge is -2.18. The normalized spacial score (nSPS) is 13.9. The maximum absolute atomic E-state index is 12.7. The Morgan fingerprint density at radius 3 is 2.37 bits per heavy atom. The maximum Gasteiger partial charge on any atom is 0.363 e.